The Hall–Kier alpha value is -1.06. The maximum absolute atomic E-state index is 11.8. The highest BCUT2D eigenvalue weighted by molar-refractivity contribution is 5.85. The third-order valence-corrected chi connectivity index (χ3v) is 3.33. The summed E-state index contributed by atoms with van der Waals surface area (Å²) in [4.78, 5) is 11.8. The van der Waals surface area contributed by atoms with Crippen LogP contribution >= 0.6 is 12.4 Å². The lowest BCUT2D eigenvalue weighted by Crippen LogP contribution is -2.52. The molecule has 1 aromatic rings. The van der Waals surface area contributed by atoms with Crippen LogP contribution < -0.4 is 10.6 Å². The normalized spacial score (nSPS) is 16.3. The SMILES string of the molecule is Cc1ccccc1CC(C)NC(=O)C1CNC1.Cl. The summed E-state index contributed by atoms with van der Waals surface area (Å²) in [6.45, 7) is 5.82. The van der Waals surface area contributed by atoms with Crippen LogP contribution in [0.15, 0.2) is 24.3 Å². The third kappa shape index (κ3) is 3.72. The lowest BCUT2D eigenvalue weighted by Gasteiger charge is -2.27. The molecule has 0 saturated carbocycles. The first-order valence-corrected chi connectivity index (χ1v) is 6.22. The Labute approximate surface area is 115 Å². The molecule has 1 fully saturated rings. The van der Waals surface area contributed by atoms with E-state index in [1.165, 1.54) is 11.1 Å². The van der Waals surface area contributed by atoms with Gasteiger partial charge in [-0.15, -0.1) is 12.4 Å². The summed E-state index contributed by atoms with van der Waals surface area (Å²) in [5.74, 6) is 0.360. The van der Waals surface area contributed by atoms with Crippen molar-refractivity contribution in [3.05, 3.63) is 35.4 Å². The highest BCUT2D eigenvalue weighted by atomic mass is 35.5. The highest BCUT2D eigenvalue weighted by Gasteiger charge is 2.25. The van der Waals surface area contributed by atoms with Crippen molar-refractivity contribution in [3.63, 3.8) is 0 Å². The van der Waals surface area contributed by atoms with Gasteiger partial charge in [-0.1, -0.05) is 24.3 Å². The standard InChI is InChI=1S/C14H20N2O.ClH/c1-10-5-3-4-6-12(10)7-11(2)16-14(17)13-8-15-9-13;/h3-6,11,13,15H,7-9H2,1-2H3,(H,16,17);1H. The molecule has 3 nitrogen and oxygen atoms in total. The van der Waals surface area contributed by atoms with Gasteiger partial charge >= 0.3 is 0 Å². The summed E-state index contributed by atoms with van der Waals surface area (Å²) >= 11 is 0. The van der Waals surface area contributed by atoms with E-state index in [-0.39, 0.29) is 30.3 Å². The fourth-order valence-corrected chi connectivity index (χ4v) is 2.05. The maximum atomic E-state index is 11.8. The van der Waals surface area contributed by atoms with Crippen molar-refractivity contribution in [2.24, 2.45) is 5.92 Å². The summed E-state index contributed by atoms with van der Waals surface area (Å²) in [6, 6.07) is 8.53. The number of aryl methyl sites for hydroxylation is 1. The van der Waals surface area contributed by atoms with E-state index in [2.05, 4.69) is 36.6 Å². The minimum atomic E-state index is 0. The molecule has 2 N–H and O–H groups in total. The average molecular weight is 269 g/mol. The molecular formula is C14H21ClN2O. The second-order valence-electron chi connectivity index (χ2n) is 4.90. The predicted octanol–water partition coefficient (Wildman–Crippen LogP) is 1.68. The largest absolute Gasteiger partial charge is 0.353 e. The number of hydrogen-bond acceptors (Lipinski definition) is 2. The van der Waals surface area contributed by atoms with Crippen molar-refractivity contribution < 1.29 is 4.79 Å². The third-order valence-electron chi connectivity index (χ3n) is 3.33. The monoisotopic (exact) mass is 268 g/mol. The van der Waals surface area contributed by atoms with Gasteiger partial charge in [-0.05, 0) is 31.4 Å². The van der Waals surface area contributed by atoms with E-state index >= 15 is 0 Å². The highest BCUT2D eigenvalue weighted by Crippen LogP contribution is 2.10. The van der Waals surface area contributed by atoms with Gasteiger partial charge in [0.15, 0.2) is 0 Å². The fourth-order valence-electron chi connectivity index (χ4n) is 2.05. The van der Waals surface area contributed by atoms with Gasteiger partial charge in [-0.2, -0.15) is 0 Å². The van der Waals surface area contributed by atoms with Gasteiger partial charge in [0.05, 0.1) is 5.92 Å². The molecule has 1 unspecified atom stereocenters. The zero-order valence-corrected chi connectivity index (χ0v) is 11.7. The topological polar surface area (TPSA) is 41.1 Å². The van der Waals surface area contributed by atoms with E-state index in [0.29, 0.717) is 0 Å². The first kappa shape index (κ1) is 15.0. The lowest BCUT2D eigenvalue weighted by atomic mass is 9.99. The van der Waals surface area contributed by atoms with E-state index in [4.69, 9.17) is 0 Å². The van der Waals surface area contributed by atoms with Gasteiger partial charge < -0.3 is 10.6 Å². The van der Waals surface area contributed by atoms with Crippen LogP contribution in [0.3, 0.4) is 0 Å². The number of carbonyl (C=O) groups excluding carboxylic acids is 1. The number of hydrogen-bond donors (Lipinski definition) is 2. The van der Waals surface area contributed by atoms with Gasteiger partial charge in [-0.25, -0.2) is 0 Å². The number of rotatable bonds is 4. The summed E-state index contributed by atoms with van der Waals surface area (Å²) < 4.78 is 0. The minimum Gasteiger partial charge on any atom is -0.353 e. The number of benzene rings is 1. The van der Waals surface area contributed by atoms with Crippen molar-refractivity contribution in [1.82, 2.24) is 10.6 Å². The Balaban J connectivity index is 0.00000162. The van der Waals surface area contributed by atoms with E-state index < -0.39 is 0 Å². The Morgan fingerprint density at radius 2 is 2.11 bits per heavy atom. The van der Waals surface area contributed by atoms with E-state index in [1.54, 1.807) is 0 Å². The van der Waals surface area contributed by atoms with Crippen molar-refractivity contribution in [1.29, 1.82) is 0 Å². The number of nitrogens with one attached hydrogen (secondary N) is 2. The van der Waals surface area contributed by atoms with Crippen LogP contribution in [0.4, 0.5) is 0 Å². The van der Waals surface area contributed by atoms with Gasteiger partial charge in [0, 0.05) is 19.1 Å². The molecule has 1 heterocycles. The second-order valence-corrected chi connectivity index (χ2v) is 4.90. The molecule has 1 aromatic carbocycles. The molecule has 100 valence electrons. The minimum absolute atomic E-state index is 0. The molecule has 4 heteroatoms. The molecular weight excluding hydrogens is 248 g/mol. The number of carbonyl (C=O) groups is 1. The maximum Gasteiger partial charge on any atom is 0.225 e. The number of halogens is 1. The molecule has 1 aliphatic rings. The van der Waals surface area contributed by atoms with Gasteiger partial charge in [0.2, 0.25) is 5.91 Å². The Morgan fingerprint density at radius 3 is 2.67 bits per heavy atom. The van der Waals surface area contributed by atoms with Crippen LogP contribution in [0, 0.1) is 12.8 Å². The molecule has 1 amide bonds. The first-order chi connectivity index (χ1) is 8.16. The predicted molar refractivity (Wildman–Crippen MR) is 76.1 cm³/mol. The van der Waals surface area contributed by atoms with Crippen molar-refractivity contribution in [2.45, 2.75) is 26.3 Å². The van der Waals surface area contributed by atoms with Crippen LogP contribution in [0.25, 0.3) is 0 Å². The molecule has 18 heavy (non-hydrogen) atoms. The quantitative estimate of drug-likeness (QED) is 0.873. The summed E-state index contributed by atoms with van der Waals surface area (Å²) in [5, 5.41) is 6.19. The first-order valence-electron chi connectivity index (χ1n) is 6.22. The average Bonchev–Trinajstić information content (AvgIpc) is 2.18. The summed E-state index contributed by atoms with van der Waals surface area (Å²) in [6.07, 6.45) is 0.901. The molecule has 0 aromatic heterocycles. The van der Waals surface area contributed by atoms with Crippen LogP contribution in [0.1, 0.15) is 18.1 Å². The van der Waals surface area contributed by atoms with Crippen LogP contribution in [-0.2, 0) is 11.2 Å². The van der Waals surface area contributed by atoms with Crippen LogP contribution in [-0.4, -0.2) is 25.0 Å². The summed E-state index contributed by atoms with van der Waals surface area (Å²) in [5.41, 5.74) is 2.60. The van der Waals surface area contributed by atoms with E-state index in [1.807, 2.05) is 12.1 Å². The Morgan fingerprint density at radius 1 is 1.44 bits per heavy atom. The Bertz CT molecular complexity index is 405. The van der Waals surface area contributed by atoms with Gasteiger partial charge in [-0.3, -0.25) is 4.79 Å². The van der Waals surface area contributed by atoms with E-state index in [9.17, 15) is 4.79 Å². The van der Waals surface area contributed by atoms with Crippen LogP contribution in [0.5, 0.6) is 0 Å². The Kier molecular flexibility index (Phi) is 5.63. The molecule has 0 aliphatic carbocycles. The summed E-state index contributed by atoms with van der Waals surface area (Å²) in [7, 11) is 0. The molecule has 0 radical (unpaired) electrons. The molecule has 2 rings (SSSR count). The second kappa shape index (κ2) is 6.76. The smallest absolute Gasteiger partial charge is 0.225 e. The zero-order chi connectivity index (χ0) is 12.3. The number of amides is 1. The fraction of sp³-hybridized carbons (Fsp3) is 0.500. The lowest BCUT2D eigenvalue weighted by molar-refractivity contribution is -0.127. The van der Waals surface area contributed by atoms with Crippen LogP contribution in [0.2, 0.25) is 0 Å². The zero-order valence-electron chi connectivity index (χ0n) is 10.9. The van der Waals surface area contributed by atoms with Crippen molar-refractivity contribution >= 4 is 18.3 Å². The van der Waals surface area contributed by atoms with Gasteiger partial charge in [0.25, 0.3) is 0 Å². The van der Waals surface area contributed by atoms with Crippen molar-refractivity contribution in [3.8, 4) is 0 Å². The van der Waals surface area contributed by atoms with Gasteiger partial charge in [0.1, 0.15) is 0 Å². The molecule has 1 aliphatic heterocycles. The molecule has 0 spiro atoms. The molecule has 1 atom stereocenters. The van der Waals surface area contributed by atoms with E-state index in [0.717, 1.165) is 19.5 Å². The molecule has 0 bridgehead atoms. The molecule has 1 saturated heterocycles. The van der Waals surface area contributed by atoms with Crippen molar-refractivity contribution in [2.75, 3.05) is 13.1 Å².